The van der Waals surface area contributed by atoms with Gasteiger partial charge in [0.1, 0.15) is 0 Å². The van der Waals surface area contributed by atoms with Crippen molar-refractivity contribution < 1.29 is 14.3 Å². The molecule has 5 heteroatoms. The number of thiophene rings is 1. The van der Waals surface area contributed by atoms with E-state index in [1.165, 1.54) is 11.3 Å². The molecule has 0 spiro atoms. The minimum atomic E-state index is -0.876. The molecule has 2 aromatic carbocycles. The molecule has 0 bridgehead atoms. The van der Waals surface area contributed by atoms with E-state index in [1.54, 1.807) is 13.0 Å². The average molecular weight is 353 g/mol. The second-order valence-corrected chi connectivity index (χ2v) is 7.39. The standard InChI is InChI=1S/C20H19NO3S/c1-12-10-18(14(3)25-12)20(23)24-13(2)19(22)21-17-9-8-15-6-4-5-7-16(15)11-17/h4-11,13H,1-3H3,(H,21,22)/t13-/m0/s1. The molecule has 3 aromatic rings. The van der Waals surface area contributed by atoms with E-state index in [0.717, 1.165) is 20.5 Å². The lowest BCUT2D eigenvalue weighted by atomic mass is 10.1. The normalized spacial score (nSPS) is 12.0. The first-order valence-electron chi connectivity index (χ1n) is 8.02. The minimum Gasteiger partial charge on any atom is -0.449 e. The van der Waals surface area contributed by atoms with E-state index >= 15 is 0 Å². The van der Waals surface area contributed by atoms with Crippen molar-refractivity contribution in [1.29, 1.82) is 0 Å². The summed E-state index contributed by atoms with van der Waals surface area (Å²) >= 11 is 1.54. The molecule has 0 aliphatic rings. The SMILES string of the molecule is Cc1cc(C(=O)O[C@@H](C)C(=O)Nc2ccc3ccccc3c2)c(C)s1. The number of carbonyl (C=O) groups excluding carboxylic acids is 2. The monoisotopic (exact) mass is 353 g/mol. The second kappa shape index (κ2) is 7.07. The minimum absolute atomic E-state index is 0.353. The number of aryl methyl sites for hydroxylation is 2. The third-order valence-corrected chi connectivity index (χ3v) is 4.90. The van der Waals surface area contributed by atoms with Gasteiger partial charge in [-0.3, -0.25) is 4.79 Å². The van der Waals surface area contributed by atoms with Crippen molar-refractivity contribution >= 4 is 39.7 Å². The van der Waals surface area contributed by atoms with Gasteiger partial charge in [-0.05, 0) is 49.7 Å². The maximum Gasteiger partial charge on any atom is 0.340 e. The number of hydrogen-bond acceptors (Lipinski definition) is 4. The predicted octanol–water partition coefficient (Wildman–Crippen LogP) is 4.70. The summed E-state index contributed by atoms with van der Waals surface area (Å²) in [5.41, 5.74) is 1.20. The first-order valence-corrected chi connectivity index (χ1v) is 8.83. The van der Waals surface area contributed by atoms with Gasteiger partial charge in [0.15, 0.2) is 6.10 Å². The summed E-state index contributed by atoms with van der Waals surface area (Å²) < 4.78 is 5.31. The molecule has 0 saturated carbocycles. The summed E-state index contributed by atoms with van der Waals surface area (Å²) in [6.07, 6.45) is -0.876. The van der Waals surface area contributed by atoms with Crippen LogP contribution in [0.5, 0.6) is 0 Å². The molecule has 1 heterocycles. The topological polar surface area (TPSA) is 55.4 Å². The van der Waals surface area contributed by atoms with E-state index in [-0.39, 0.29) is 5.91 Å². The fraction of sp³-hybridized carbons (Fsp3) is 0.200. The van der Waals surface area contributed by atoms with Crippen molar-refractivity contribution in [2.45, 2.75) is 26.9 Å². The maximum absolute atomic E-state index is 12.3. The summed E-state index contributed by atoms with van der Waals surface area (Å²) in [7, 11) is 0. The number of ether oxygens (including phenoxy) is 1. The number of hydrogen-bond donors (Lipinski definition) is 1. The number of anilines is 1. The highest BCUT2D eigenvalue weighted by molar-refractivity contribution is 7.12. The van der Waals surface area contributed by atoms with Gasteiger partial charge in [-0.2, -0.15) is 0 Å². The Morgan fingerprint density at radius 2 is 1.76 bits per heavy atom. The quantitative estimate of drug-likeness (QED) is 0.692. The zero-order chi connectivity index (χ0) is 18.0. The third kappa shape index (κ3) is 3.88. The molecular formula is C20H19NO3S. The van der Waals surface area contributed by atoms with Crippen LogP contribution < -0.4 is 5.32 Å². The second-order valence-electron chi connectivity index (χ2n) is 5.93. The Morgan fingerprint density at radius 3 is 2.44 bits per heavy atom. The van der Waals surface area contributed by atoms with E-state index in [2.05, 4.69) is 5.32 Å². The number of fused-ring (bicyclic) bond motifs is 1. The van der Waals surface area contributed by atoms with Crippen molar-refractivity contribution in [2.24, 2.45) is 0 Å². The van der Waals surface area contributed by atoms with Gasteiger partial charge >= 0.3 is 5.97 Å². The first kappa shape index (κ1) is 17.2. The zero-order valence-electron chi connectivity index (χ0n) is 14.3. The molecule has 25 heavy (non-hydrogen) atoms. The lowest BCUT2D eigenvalue weighted by molar-refractivity contribution is -0.123. The molecular weight excluding hydrogens is 334 g/mol. The van der Waals surface area contributed by atoms with Gasteiger partial charge in [-0.25, -0.2) is 4.79 Å². The molecule has 0 radical (unpaired) electrons. The van der Waals surface area contributed by atoms with Crippen LogP contribution in [0.25, 0.3) is 10.8 Å². The Morgan fingerprint density at radius 1 is 1.04 bits per heavy atom. The molecule has 1 amide bonds. The van der Waals surface area contributed by atoms with Crippen LogP contribution in [0, 0.1) is 13.8 Å². The van der Waals surface area contributed by atoms with Crippen LogP contribution in [-0.2, 0) is 9.53 Å². The molecule has 3 rings (SSSR count). The Kier molecular flexibility index (Phi) is 4.86. The van der Waals surface area contributed by atoms with E-state index in [4.69, 9.17) is 4.74 Å². The number of esters is 1. The van der Waals surface area contributed by atoms with Gasteiger partial charge in [-0.1, -0.05) is 30.3 Å². The lowest BCUT2D eigenvalue weighted by Gasteiger charge is -2.14. The molecule has 0 aliphatic carbocycles. The molecule has 0 aliphatic heterocycles. The first-order chi connectivity index (χ1) is 11.9. The molecule has 4 nitrogen and oxygen atoms in total. The zero-order valence-corrected chi connectivity index (χ0v) is 15.1. The molecule has 128 valence electrons. The summed E-state index contributed by atoms with van der Waals surface area (Å²) in [4.78, 5) is 26.5. The molecule has 1 atom stereocenters. The number of nitrogens with one attached hydrogen (secondary N) is 1. The lowest BCUT2D eigenvalue weighted by Crippen LogP contribution is -2.30. The Labute approximate surface area is 150 Å². The smallest absolute Gasteiger partial charge is 0.340 e. The van der Waals surface area contributed by atoms with Crippen molar-refractivity contribution in [2.75, 3.05) is 5.32 Å². The Hall–Kier alpha value is -2.66. The number of rotatable bonds is 4. The van der Waals surface area contributed by atoms with Gasteiger partial charge in [-0.15, -0.1) is 11.3 Å². The van der Waals surface area contributed by atoms with Crippen LogP contribution in [0.4, 0.5) is 5.69 Å². The van der Waals surface area contributed by atoms with Crippen LogP contribution in [-0.4, -0.2) is 18.0 Å². The highest BCUT2D eigenvalue weighted by Gasteiger charge is 2.21. The summed E-state index contributed by atoms with van der Waals surface area (Å²) in [5, 5.41) is 4.93. The summed E-state index contributed by atoms with van der Waals surface area (Å²) in [5.74, 6) is -0.823. The fourth-order valence-corrected chi connectivity index (χ4v) is 3.53. The van der Waals surface area contributed by atoms with Crippen molar-refractivity contribution in [3.05, 3.63) is 63.8 Å². The number of benzene rings is 2. The van der Waals surface area contributed by atoms with Crippen molar-refractivity contribution in [1.82, 2.24) is 0 Å². The van der Waals surface area contributed by atoms with E-state index in [9.17, 15) is 9.59 Å². The summed E-state index contributed by atoms with van der Waals surface area (Å²) in [6, 6.07) is 15.4. The van der Waals surface area contributed by atoms with E-state index in [1.807, 2.05) is 56.3 Å². The van der Waals surface area contributed by atoms with Crippen LogP contribution in [0.15, 0.2) is 48.5 Å². The van der Waals surface area contributed by atoms with Gasteiger partial charge < -0.3 is 10.1 Å². The van der Waals surface area contributed by atoms with Crippen LogP contribution >= 0.6 is 11.3 Å². The highest BCUT2D eigenvalue weighted by atomic mass is 32.1. The van der Waals surface area contributed by atoms with Crippen LogP contribution in [0.2, 0.25) is 0 Å². The van der Waals surface area contributed by atoms with Crippen LogP contribution in [0.3, 0.4) is 0 Å². The molecule has 0 saturated heterocycles. The van der Waals surface area contributed by atoms with E-state index < -0.39 is 12.1 Å². The maximum atomic E-state index is 12.3. The predicted molar refractivity (Wildman–Crippen MR) is 101 cm³/mol. The Bertz CT molecular complexity index is 945. The molecule has 1 N–H and O–H groups in total. The van der Waals surface area contributed by atoms with Crippen molar-refractivity contribution in [3.63, 3.8) is 0 Å². The highest BCUT2D eigenvalue weighted by Crippen LogP contribution is 2.22. The van der Waals surface area contributed by atoms with Gasteiger partial charge in [0.2, 0.25) is 0 Å². The third-order valence-electron chi connectivity index (χ3n) is 3.93. The fourth-order valence-electron chi connectivity index (χ4n) is 2.62. The summed E-state index contributed by atoms with van der Waals surface area (Å²) in [6.45, 7) is 5.38. The van der Waals surface area contributed by atoms with Crippen molar-refractivity contribution in [3.8, 4) is 0 Å². The number of amides is 1. The molecule has 0 fully saturated rings. The van der Waals surface area contributed by atoms with Gasteiger partial charge in [0, 0.05) is 15.4 Å². The van der Waals surface area contributed by atoms with Gasteiger partial charge in [0.25, 0.3) is 5.91 Å². The number of carbonyl (C=O) groups is 2. The molecule has 1 aromatic heterocycles. The largest absolute Gasteiger partial charge is 0.449 e. The van der Waals surface area contributed by atoms with Gasteiger partial charge in [0.05, 0.1) is 5.56 Å². The average Bonchev–Trinajstić information content (AvgIpc) is 2.93. The van der Waals surface area contributed by atoms with E-state index in [0.29, 0.717) is 11.3 Å². The van der Waals surface area contributed by atoms with Crippen LogP contribution in [0.1, 0.15) is 27.0 Å². The Balaban J connectivity index is 1.67. The molecule has 0 unspecified atom stereocenters.